The molecule has 0 amide bonds. The van der Waals surface area contributed by atoms with Crippen LogP contribution in [-0.4, -0.2) is 34.8 Å². The van der Waals surface area contributed by atoms with Crippen LogP contribution in [0.5, 0.6) is 0 Å². The Morgan fingerprint density at radius 1 is 0.722 bits per heavy atom. The molecule has 0 unspecified atom stereocenters. The standard InChI is InChI=1S/C28H25N7S/c1-5-20-9-10-22(15-21(20)6-1)25-16-33-28(36-25)24-8-2-7-23(34-24)17-35(18-26-29-11-3-12-30-26)19-27-31-13-4-14-32-27/h2-4,7-16H,1,5-6,17-19H2. The predicted molar refractivity (Wildman–Crippen MR) is 140 cm³/mol. The van der Waals surface area contributed by atoms with E-state index in [1.807, 2.05) is 36.5 Å². The van der Waals surface area contributed by atoms with Crippen molar-refractivity contribution in [3.8, 4) is 21.1 Å². The van der Waals surface area contributed by atoms with Crippen LogP contribution in [0.2, 0.25) is 0 Å². The monoisotopic (exact) mass is 491 g/mol. The largest absolute Gasteiger partial charge is 0.283 e. The molecule has 4 heterocycles. The number of rotatable bonds is 8. The molecule has 0 bridgehead atoms. The Hall–Kier alpha value is -3.88. The molecule has 4 aromatic heterocycles. The summed E-state index contributed by atoms with van der Waals surface area (Å²) in [4.78, 5) is 30.6. The minimum Gasteiger partial charge on any atom is -0.283 e. The Morgan fingerprint density at radius 2 is 1.44 bits per heavy atom. The predicted octanol–water partition coefficient (Wildman–Crippen LogP) is 5.14. The van der Waals surface area contributed by atoms with Gasteiger partial charge >= 0.3 is 0 Å². The van der Waals surface area contributed by atoms with Crippen LogP contribution in [0.4, 0.5) is 0 Å². The van der Waals surface area contributed by atoms with Crippen molar-refractivity contribution in [1.82, 2.24) is 34.8 Å². The van der Waals surface area contributed by atoms with Crippen molar-refractivity contribution in [2.75, 3.05) is 0 Å². The van der Waals surface area contributed by atoms with E-state index in [0.717, 1.165) is 28.0 Å². The number of hydrogen-bond acceptors (Lipinski definition) is 8. The van der Waals surface area contributed by atoms with Crippen LogP contribution in [0.25, 0.3) is 21.1 Å². The first kappa shape index (κ1) is 22.6. The molecule has 1 aliphatic rings. The SMILES string of the molecule is c1cnc(CN(Cc2cccc(-c3ncc(-c4ccc5c(c4)CCC5)s3)n2)Cc2ncccn2)nc1. The van der Waals surface area contributed by atoms with Crippen molar-refractivity contribution in [1.29, 1.82) is 0 Å². The third-order valence-corrected chi connectivity index (χ3v) is 7.34. The van der Waals surface area contributed by atoms with Gasteiger partial charge in [0, 0.05) is 37.5 Å². The first-order valence-electron chi connectivity index (χ1n) is 12.1. The van der Waals surface area contributed by atoms with E-state index >= 15 is 0 Å². The van der Waals surface area contributed by atoms with E-state index < -0.39 is 0 Å². The van der Waals surface area contributed by atoms with Crippen molar-refractivity contribution < 1.29 is 0 Å². The van der Waals surface area contributed by atoms with Gasteiger partial charge in [-0.15, -0.1) is 11.3 Å². The highest BCUT2D eigenvalue weighted by Gasteiger charge is 2.15. The minimum absolute atomic E-state index is 0.574. The zero-order chi connectivity index (χ0) is 24.2. The van der Waals surface area contributed by atoms with Crippen molar-refractivity contribution in [2.45, 2.75) is 38.9 Å². The summed E-state index contributed by atoms with van der Waals surface area (Å²) >= 11 is 1.69. The maximum Gasteiger partial charge on any atom is 0.142 e. The fraction of sp³-hybridized carbons (Fsp3) is 0.214. The van der Waals surface area contributed by atoms with Gasteiger partial charge in [-0.1, -0.05) is 24.3 Å². The van der Waals surface area contributed by atoms with E-state index in [1.165, 1.54) is 40.8 Å². The quantitative estimate of drug-likeness (QED) is 0.297. The van der Waals surface area contributed by atoms with Crippen molar-refractivity contribution in [3.63, 3.8) is 0 Å². The van der Waals surface area contributed by atoms with Gasteiger partial charge in [0.1, 0.15) is 16.7 Å². The molecule has 1 aliphatic carbocycles. The van der Waals surface area contributed by atoms with Gasteiger partial charge in [0.2, 0.25) is 0 Å². The van der Waals surface area contributed by atoms with Crippen LogP contribution in [0, 0.1) is 0 Å². The molecule has 0 saturated carbocycles. The topological polar surface area (TPSA) is 80.6 Å². The van der Waals surface area contributed by atoms with Crippen molar-refractivity contribution in [3.05, 3.63) is 108 Å². The smallest absolute Gasteiger partial charge is 0.142 e. The highest BCUT2D eigenvalue weighted by atomic mass is 32.1. The maximum atomic E-state index is 4.96. The van der Waals surface area contributed by atoms with Gasteiger partial charge in [0.25, 0.3) is 0 Å². The molecule has 6 rings (SSSR count). The molecule has 0 fully saturated rings. The maximum absolute atomic E-state index is 4.96. The second-order valence-electron chi connectivity index (χ2n) is 8.86. The minimum atomic E-state index is 0.574. The zero-order valence-electron chi connectivity index (χ0n) is 19.8. The first-order chi connectivity index (χ1) is 17.8. The van der Waals surface area contributed by atoms with Crippen LogP contribution in [0.3, 0.4) is 0 Å². The molecule has 7 nitrogen and oxygen atoms in total. The van der Waals surface area contributed by atoms with Gasteiger partial charge in [0.05, 0.1) is 29.4 Å². The van der Waals surface area contributed by atoms with Crippen LogP contribution < -0.4 is 0 Å². The van der Waals surface area contributed by atoms with Crippen molar-refractivity contribution in [2.24, 2.45) is 0 Å². The fourth-order valence-electron chi connectivity index (χ4n) is 4.56. The summed E-state index contributed by atoms with van der Waals surface area (Å²) in [5.74, 6) is 1.51. The van der Waals surface area contributed by atoms with Gasteiger partial charge < -0.3 is 0 Å². The van der Waals surface area contributed by atoms with Crippen molar-refractivity contribution >= 4 is 11.3 Å². The summed E-state index contributed by atoms with van der Waals surface area (Å²) in [7, 11) is 0. The van der Waals surface area contributed by atoms with Gasteiger partial charge in [-0.3, -0.25) is 4.90 Å². The van der Waals surface area contributed by atoms with Gasteiger partial charge in [-0.05, 0) is 60.2 Å². The third kappa shape index (κ3) is 5.19. The third-order valence-electron chi connectivity index (χ3n) is 6.27. The molecule has 5 aromatic rings. The molecule has 1 aromatic carbocycles. The molecule has 0 atom stereocenters. The van der Waals surface area contributed by atoms with Gasteiger partial charge in [0.15, 0.2) is 0 Å². The van der Waals surface area contributed by atoms with E-state index in [0.29, 0.717) is 19.6 Å². The average molecular weight is 492 g/mol. The number of benzene rings is 1. The summed E-state index contributed by atoms with van der Waals surface area (Å²) in [5, 5.41) is 0.927. The Kier molecular flexibility index (Phi) is 6.52. The highest BCUT2D eigenvalue weighted by Crippen LogP contribution is 2.34. The van der Waals surface area contributed by atoms with E-state index in [2.05, 4.69) is 43.0 Å². The number of nitrogens with zero attached hydrogens (tertiary/aromatic N) is 7. The van der Waals surface area contributed by atoms with Crippen LogP contribution in [0.15, 0.2) is 79.5 Å². The molecule has 36 heavy (non-hydrogen) atoms. The molecule has 0 N–H and O–H groups in total. The molecular formula is C28H25N7S. The number of hydrogen-bond donors (Lipinski definition) is 0. The number of fused-ring (bicyclic) bond motifs is 1. The van der Waals surface area contributed by atoms with Gasteiger partial charge in [-0.25, -0.2) is 29.9 Å². The van der Waals surface area contributed by atoms with Gasteiger partial charge in [-0.2, -0.15) is 0 Å². The van der Waals surface area contributed by atoms with Crippen LogP contribution in [-0.2, 0) is 32.5 Å². The van der Waals surface area contributed by atoms with E-state index in [4.69, 9.17) is 9.97 Å². The molecule has 178 valence electrons. The molecule has 0 aliphatic heterocycles. The van der Waals surface area contributed by atoms with E-state index in [9.17, 15) is 0 Å². The first-order valence-corrected chi connectivity index (χ1v) is 12.9. The Morgan fingerprint density at radius 3 is 2.19 bits per heavy atom. The fourth-order valence-corrected chi connectivity index (χ4v) is 5.44. The average Bonchev–Trinajstić information content (AvgIpc) is 3.60. The Balaban J connectivity index is 1.23. The Labute approximate surface area is 214 Å². The summed E-state index contributed by atoms with van der Waals surface area (Å²) in [6.07, 6.45) is 12.7. The number of thiazole rings is 1. The summed E-state index contributed by atoms with van der Waals surface area (Å²) in [5.41, 5.74) is 6.05. The Bertz CT molecular complexity index is 1410. The van der Waals surface area contributed by atoms with Crippen LogP contribution >= 0.6 is 11.3 Å². The number of pyridine rings is 1. The second kappa shape index (κ2) is 10.4. The molecule has 0 spiro atoms. The van der Waals surface area contributed by atoms with Crippen LogP contribution in [0.1, 0.15) is 34.9 Å². The molecular weight excluding hydrogens is 466 g/mol. The lowest BCUT2D eigenvalue weighted by Gasteiger charge is -2.20. The lowest BCUT2D eigenvalue weighted by molar-refractivity contribution is 0.232. The number of aryl methyl sites for hydroxylation is 2. The second-order valence-corrected chi connectivity index (χ2v) is 9.89. The summed E-state index contributed by atoms with van der Waals surface area (Å²) < 4.78 is 0. The normalized spacial score (nSPS) is 12.7. The van der Waals surface area contributed by atoms with E-state index in [-0.39, 0.29) is 0 Å². The highest BCUT2D eigenvalue weighted by molar-refractivity contribution is 7.18. The lowest BCUT2D eigenvalue weighted by Crippen LogP contribution is -2.25. The number of aromatic nitrogens is 6. The zero-order valence-corrected chi connectivity index (χ0v) is 20.6. The van der Waals surface area contributed by atoms with E-state index in [1.54, 1.807) is 36.1 Å². The lowest BCUT2D eigenvalue weighted by atomic mass is 10.1. The molecule has 0 radical (unpaired) electrons. The molecule has 8 heteroatoms. The summed E-state index contributed by atoms with van der Waals surface area (Å²) in [6.45, 7) is 1.77. The molecule has 0 saturated heterocycles. The summed E-state index contributed by atoms with van der Waals surface area (Å²) in [6, 6.07) is 16.6.